The summed E-state index contributed by atoms with van der Waals surface area (Å²) >= 11 is 0. The maximum absolute atomic E-state index is 5.30. The molecule has 0 aliphatic rings. The standard InChI is InChI=1S/C17H27NO2/c1-13(2)12-18-8-6-7-14(3)15-9-16(19-4)11-17(10-15)20-5/h7,9-11,13,18H,6,8,12H2,1-5H3/b14-7+. The van der Waals surface area contributed by atoms with Gasteiger partial charge >= 0.3 is 0 Å². The monoisotopic (exact) mass is 277 g/mol. The highest BCUT2D eigenvalue weighted by atomic mass is 16.5. The number of nitrogens with one attached hydrogen (secondary N) is 1. The lowest BCUT2D eigenvalue weighted by molar-refractivity contribution is 0.394. The Bertz CT molecular complexity index is 416. The third-order valence-electron chi connectivity index (χ3n) is 3.13. The lowest BCUT2D eigenvalue weighted by Gasteiger charge is -2.09. The fraction of sp³-hybridized carbons (Fsp3) is 0.529. The lowest BCUT2D eigenvalue weighted by atomic mass is 10.1. The molecular formula is C17H27NO2. The largest absolute Gasteiger partial charge is 0.497 e. The van der Waals surface area contributed by atoms with Gasteiger partial charge in [-0.05, 0) is 55.6 Å². The van der Waals surface area contributed by atoms with Crippen LogP contribution in [0.3, 0.4) is 0 Å². The van der Waals surface area contributed by atoms with Gasteiger partial charge in [-0.3, -0.25) is 0 Å². The molecule has 1 N–H and O–H groups in total. The highest BCUT2D eigenvalue weighted by Gasteiger charge is 2.03. The predicted molar refractivity (Wildman–Crippen MR) is 85.5 cm³/mol. The van der Waals surface area contributed by atoms with Gasteiger partial charge in [-0.15, -0.1) is 0 Å². The summed E-state index contributed by atoms with van der Waals surface area (Å²) in [4.78, 5) is 0. The Morgan fingerprint density at radius 1 is 1.15 bits per heavy atom. The molecule has 3 nitrogen and oxygen atoms in total. The highest BCUT2D eigenvalue weighted by molar-refractivity contribution is 5.66. The molecule has 0 aliphatic heterocycles. The van der Waals surface area contributed by atoms with Crippen molar-refractivity contribution in [3.8, 4) is 11.5 Å². The van der Waals surface area contributed by atoms with Gasteiger partial charge in [0.15, 0.2) is 0 Å². The molecule has 0 saturated carbocycles. The van der Waals surface area contributed by atoms with E-state index in [-0.39, 0.29) is 0 Å². The maximum atomic E-state index is 5.30. The zero-order valence-electron chi connectivity index (χ0n) is 13.3. The summed E-state index contributed by atoms with van der Waals surface area (Å²) in [5.74, 6) is 2.35. The van der Waals surface area contributed by atoms with Crippen LogP contribution in [0.15, 0.2) is 24.3 Å². The summed E-state index contributed by atoms with van der Waals surface area (Å²) < 4.78 is 10.6. The first-order valence-corrected chi connectivity index (χ1v) is 7.17. The van der Waals surface area contributed by atoms with Crippen LogP contribution in [0, 0.1) is 5.92 Å². The Morgan fingerprint density at radius 2 is 1.75 bits per heavy atom. The molecule has 0 aromatic heterocycles. The number of methoxy groups -OCH3 is 2. The minimum atomic E-state index is 0.697. The minimum Gasteiger partial charge on any atom is -0.497 e. The third kappa shape index (κ3) is 5.66. The van der Waals surface area contributed by atoms with Gasteiger partial charge in [-0.1, -0.05) is 19.9 Å². The van der Waals surface area contributed by atoms with Crippen molar-refractivity contribution >= 4 is 5.57 Å². The Balaban J connectivity index is 2.63. The van der Waals surface area contributed by atoms with Crippen molar-refractivity contribution in [2.45, 2.75) is 27.2 Å². The lowest BCUT2D eigenvalue weighted by Crippen LogP contribution is -2.20. The van der Waals surface area contributed by atoms with E-state index in [4.69, 9.17) is 9.47 Å². The number of rotatable bonds is 8. The molecule has 0 spiro atoms. The molecule has 0 amide bonds. The van der Waals surface area contributed by atoms with E-state index in [1.807, 2.05) is 18.2 Å². The molecule has 1 rings (SSSR count). The summed E-state index contributed by atoms with van der Waals surface area (Å²) in [6.07, 6.45) is 3.28. The van der Waals surface area contributed by atoms with E-state index in [0.29, 0.717) is 5.92 Å². The molecule has 1 aromatic rings. The van der Waals surface area contributed by atoms with Crippen LogP contribution in [0.1, 0.15) is 32.8 Å². The Morgan fingerprint density at radius 3 is 2.25 bits per heavy atom. The number of hydrogen-bond donors (Lipinski definition) is 1. The fourth-order valence-electron chi connectivity index (χ4n) is 1.93. The second-order valence-electron chi connectivity index (χ2n) is 5.38. The second kappa shape index (κ2) is 8.64. The molecule has 112 valence electrons. The van der Waals surface area contributed by atoms with E-state index in [1.54, 1.807) is 14.2 Å². The van der Waals surface area contributed by atoms with Gasteiger partial charge in [-0.2, -0.15) is 0 Å². The smallest absolute Gasteiger partial charge is 0.123 e. The van der Waals surface area contributed by atoms with Gasteiger partial charge in [0, 0.05) is 6.07 Å². The van der Waals surface area contributed by atoms with Crippen LogP contribution in [-0.2, 0) is 0 Å². The highest BCUT2D eigenvalue weighted by Crippen LogP contribution is 2.26. The van der Waals surface area contributed by atoms with Crippen LogP contribution in [0.2, 0.25) is 0 Å². The number of hydrogen-bond acceptors (Lipinski definition) is 3. The molecule has 0 radical (unpaired) electrons. The van der Waals surface area contributed by atoms with E-state index in [1.165, 1.54) is 5.57 Å². The molecule has 0 bridgehead atoms. The first kappa shape index (κ1) is 16.6. The summed E-state index contributed by atoms with van der Waals surface area (Å²) in [7, 11) is 3.35. The van der Waals surface area contributed by atoms with E-state index in [0.717, 1.165) is 36.6 Å². The average Bonchev–Trinajstić information content (AvgIpc) is 2.45. The average molecular weight is 277 g/mol. The van der Waals surface area contributed by atoms with Crippen molar-refractivity contribution in [1.82, 2.24) is 5.32 Å². The zero-order chi connectivity index (χ0) is 15.0. The SMILES string of the molecule is COc1cc(OC)cc(/C(C)=C/CCNCC(C)C)c1. The van der Waals surface area contributed by atoms with Crippen LogP contribution in [-0.4, -0.2) is 27.3 Å². The van der Waals surface area contributed by atoms with Gasteiger partial charge in [0.2, 0.25) is 0 Å². The molecule has 20 heavy (non-hydrogen) atoms. The summed E-state index contributed by atoms with van der Waals surface area (Å²) in [5.41, 5.74) is 2.39. The molecule has 0 aliphatic carbocycles. The molecular weight excluding hydrogens is 250 g/mol. The van der Waals surface area contributed by atoms with Crippen molar-refractivity contribution < 1.29 is 9.47 Å². The van der Waals surface area contributed by atoms with Crippen LogP contribution < -0.4 is 14.8 Å². The molecule has 0 saturated heterocycles. The summed E-state index contributed by atoms with van der Waals surface area (Å²) in [5, 5.41) is 3.44. The van der Waals surface area contributed by atoms with Gasteiger partial charge in [0.05, 0.1) is 14.2 Å². The Hall–Kier alpha value is -1.48. The predicted octanol–water partition coefficient (Wildman–Crippen LogP) is 3.74. The quantitative estimate of drug-likeness (QED) is 0.734. The van der Waals surface area contributed by atoms with Crippen molar-refractivity contribution in [2.75, 3.05) is 27.3 Å². The zero-order valence-corrected chi connectivity index (χ0v) is 13.3. The first-order chi connectivity index (χ1) is 9.56. The van der Waals surface area contributed by atoms with Crippen LogP contribution >= 0.6 is 0 Å². The molecule has 0 fully saturated rings. The fourth-order valence-corrected chi connectivity index (χ4v) is 1.93. The van der Waals surface area contributed by atoms with Gasteiger partial charge in [-0.25, -0.2) is 0 Å². The first-order valence-electron chi connectivity index (χ1n) is 7.17. The van der Waals surface area contributed by atoms with Crippen molar-refractivity contribution in [2.24, 2.45) is 5.92 Å². The summed E-state index contributed by atoms with van der Waals surface area (Å²) in [6.45, 7) is 8.64. The van der Waals surface area contributed by atoms with Crippen molar-refractivity contribution in [1.29, 1.82) is 0 Å². The molecule has 0 atom stereocenters. The van der Waals surface area contributed by atoms with Crippen molar-refractivity contribution in [3.05, 3.63) is 29.8 Å². The van der Waals surface area contributed by atoms with Gasteiger partial charge in [0.25, 0.3) is 0 Å². The molecule has 0 heterocycles. The normalized spacial score (nSPS) is 11.8. The van der Waals surface area contributed by atoms with Crippen molar-refractivity contribution in [3.63, 3.8) is 0 Å². The van der Waals surface area contributed by atoms with E-state index in [2.05, 4.69) is 32.2 Å². The van der Waals surface area contributed by atoms with Crippen LogP contribution in [0.4, 0.5) is 0 Å². The Labute approximate surface area is 123 Å². The molecule has 0 unspecified atom stereocenters. The summed E-state index contributed by atoms with van der Waals surface area (Å²) in [6, 6.07) is 5.97. The molecule has 1 aromatic carbocycles. The molecule has 3 heteroatoms. The Kier molecular flexibility index (Phi) is 7.16. The van der Waals surface area contributed by atoms with Gasteiger partial charge in [0.1, 0.15) is 11.5 Å². The minimum absolute atomic E-state index is 0.697. The number of benzene rings is 1. The van der Waals surface area contributed by atoms with Crippen LogP contribution in [0.25, 0.3) is 5.57 Å². The van der Waals surface area contributed by atoms with Gasteiger partial charge < -0.3 is 14.8 Å². The third-order valence-corrected chi connectivity index (χ3v) is 3.13. The van der Waals surface area contributed by atoms with Crippen LogP contribution in [0.5, 0.6) is 11.5 Å². The maximum Gasteiger partial charge on any atom is 0.123 e. The number of ether oxygens (including phenoxy) is 2. The number of allylic oxidation sites excluding steroid dienone is 1. The second-order valence-corrected chi connectivity index (χ2v) is 5.38. The van der Waals surface area contributed by atoms with E-state index < -0.39 is 0 Å². The van der Waals surface area contributed by atoms with E-state index in [9.17, 15) is 0 Å². The topological polar surface area (TPSA) is 30.5 Å². The van der Waals surface area contributed by atoms with E-state index >= 15 is 0 Å².